The molecule has 18 heavy (non-hydrogen) atoms. The quantitative estimate of drug-likeness (QED) is 0.802. The highest BCUT2D eigenvalue weighted by molar-refractivity contribution is 5.98. The summed E-state index contributed by atoms with van der Waals surface area (Å²) in [6.45, 7) is 0.960. The summed E-state index contributed by atoms with van der Waals surface area (Å²) in [6.07, 6.45) is 4.55. The summed E-state index contributed by atoms with van der Waals surface area (Å²) in [5.74, 6) is 1.28. The number of nitrogens with zero attached hydrogens (tertiary/aromatic N) is 2. The Kier molecular flexibility index (Phi) is 2.91. The van der Waals surface area contributed by atoms with Crippen LogP contribution in [0.5, 0.6) is 5.75 Å². The fraction of sp³-hybridized carbons (Fsp3) is 0.538. The minimum atomic E-state index is -0.424. The highest BCUT2D eigenvalue weighted by Crippen LogP contribution is 2.32. The largest absolute Gasteiger partial charge is 0.475 e. The number of ether oxygens (including phenoxy) is 1. The van der Waals surface area contributed by atoms with Crippen molar-refractivity contribution in [1.82, 2.24) is 10.3 Å². The van der Waals surface area contributed by atoms with Gasteiger partial charge in [0, 0.05) is 13.2 Å². The average Bonchev–Trinajstić information content (AvgIpc) is 2.44. The fourth-order valence-corrected chi connectivity index (χ4v) is 2.60. The second-order valence-corrected chi connectivity index (χ2v) is 4.82. The molecule has 2 aliphatic heterocycles. The van der Waals surface area contributed by atoms with Crippen LogP contribution >= 0.6 is 0 Å². The van der Waals surface area contributed by atoms with Crippen molar-refractivity contribution in [1.29, 1.82) is 0 Å². The third-order valence-corrected chi connectivity index (χ3v) is 3.61. The highest BCUT2D eigenvalue weighted by Gasteiger charge is 2.38. The van der Waals surface area contributed by atoms with Gasteiger partial charge in [0.15, 0.2) is 17.7 Å². The Morgan fingerprint density at radius 1 is 1.50 bits per heavy atom. The number of piperidine rings is 1. The number of pyridine rings is 1. The minimum Gasteiger partial charge on any atom is -0.475 e. The number of hydrogen-bond acceptors (Lipinski definition) is 4. The molecule has 2 atom stereocenters. The molecule has 3 rings (SSSR count). The molecular formula is C13H17N3O2. The first-order chi connectivity index (χ1) is 8.77. The van der Waals surface area contributed by atoms with Crippen molar-refractivity contribution < 1.29 is 9.53 Å². The van der Waals surface area contributed by atoms with Gasteiger partial charge in [-0.05, 0) is 31.5 Å². The standard InChI is InChI=1S/C13H17N3O2/c1-16-12-10(6-4-8-15-12)18-11(13(16)17)9-5-2-3-7-14-9/h4,6,8-9,11,14H,2-3,5,7H2,1H3. The van der Waals surface area contributed by atoms with Crippen molar-refractivity contribution in [2.24, 2.45) is 0 Å². The predicted molar refractivity (Wildman–Crippen MR) is 67.7 cm³/mol. The van der Waals surface area contributed by atoms with Crippen LogP contribution in [0, 0.1) is 0 Å². The molecule has 0 bridgehead atoms. The molecule has 0 spiro atoms. The first kappa shape index (κ1) is 11.5. The molecule has 96 valence electrons. The lowest BCUT2D eigenvalue weighted by atomic mass is 9.98. The van der Waals surface area contributed by atoms with E-state index >= 15 is 0 Å². The molecule has 0 aliphatic carbocycles. The molecule has 1 fully saturated rings. The maximum absolute atomic E-state index is 12.3. The van der Waals surface area contributed by atoms with Gasteiger partial charge in [-0.2, -0.15) is 0 Å². The van der Waals surface area contributed by atoms with Crippen molar-refractivity contribution in [3.8, 4) is 5.75 Å². The first-order valence-corrected chi connectivity index (χ1v) is 6.40. The molecule has 1 saturated heterocycles. The number of amides is 1. The van der Waals surface area contributed by atoms with Gasteiger partial charge in [0.05, 0.1) is 6.04 Å². The molecule has 1 aromatic rings. The van der Waals surface area contributed by atoms with Crippen LogP contribution in [0.3, 0.4) is 0 Å². The van der Waals surface area contributed by atoms with Gasteiger partial charge >= 0.3 is 0 Å². The van der Waals surface area contributed by atoms with E-state index in [4.69, 9.17) is 4.74 Å². The van der Waals surface area contributed by atoms with Crippen LogP contribution in [-0.4, -0.2) is 36.6 Å². The summed E-state index contributed by atoms with van der Waals surface area (Å²) in [5, 5.41) is 3.38. The summed E-state index contributed by atoms with van der Waals surface area (Å²) < 4.78 is 5.84. The van der Waals surface area contributed by atoms with Gasteiger partial charge in [0.25, 0.3) is 5.91 Å². The lowest BCUT2D eigenvalue weighted by Gasteiger charge is -2.36. The summed E-state index contributed by atoms with van der Waals surface area (Å²) in [7, 11) is 1.76. The maximum Gasteiger partial charge on any atom is 0.270 e. The zero-order chi connectivity index (χ0) is 12.5. The zero-order valence-corrected chi connectivity index (χ0v) is 10.4. The molecule has 0 radical (unpaired) electrons. The molecule has 5 nitrogen and oxygen atoms in total. The maximum atomic E-state index is 12.3. The molecule has 2 aliphatic rings. The van der Waals surface area contributed by atoms with Crippen LogP contribution in [0.1, 0.15) is 19.3 Å². The van der Waals surface area contributed by atoms with Gasteiger partial charge in [-0.3, -0.25) is 9.69 Å². The Balaban J connectivity index is 1.88. The molecular weight excluding hydrogens is 230 g/mol. The van der Waals surface area contributed by atoms with E-state index in [1.165, 1.54) is 6.42 Å². The third kappa shape index (κ3) is 1.84. The number of nitrogens with one attached hydrogen (secondary N) is 1. The number of carbonyl (C=O) groups is 1. The molecule has 5 heteroatoms. The normalized spacial score (nSPS) is 27.6. The van der Waals surface area contributed by atoms with Crippen LogP contribution in [0.25, 0.3) is 0 Å². The summed E-state index contributed by atoms with van der Waals surface area (Å²) in [4.78, 5) is 18.1. The molecule has 1 amide bonds. The molecule has 0 aromatic carbocycles. The number of anilines is 1. The van der Waals surface area contributed by atoms with Crippen LogP contribution in [-0.2, 0) is 4.79 Å². The van der Waals surface area contributed by atoms with E-state index in [2.05, 4.69) is 10.3 Å². The van der Waals surface area contributed by atoms with E-state index < -0.39 is 6.10 Å². The Hall–Kier alpha value is -1.62. The molecule has 1 N–H and O–H groups in total. The van der Waals surface area contributed by atoms with Crippen LogP contribution < -0.4 is 15.0 Å². The van der Waals surface area contributed by atoms with Gasteiger partial charge in [0.1, 0.15) is 0 Å². The molecule has 0 saturated carbocycles. The van der Waals surface area contributed by atoms with Crippen LogP contribution in [0.15, 0.2) is 18.3 Å². The lowest BCUT2D eigenvalue weighted by Crippen LogP contribution is -2.56. The SMILES string of the molecule is CN1C(=O)C(C2CCCCN2)Oc2cccnc21. The smallest absolute Gasteiger partial charge is 0.270 e. The van der Waals surface area contributed by atoms with Crippen molar-refractivity contribution in [3.63, 3.8) is 0 Å². The minimum absolute atomic E-state index is 0.0133. The van der Waals surface area contributed by atoms with Crippen molar-refractivity contribution >= 4 is 11.7 Å². The number of likely N-dealkylation sites (N-methyl/N-ethyl adjacent to an activating group) is 1. The van der Waals surface area contributed by atoms with Crippen LogP contribution in [0.2, 0.25) is 0 Å². The lowest BCUT2D eigenvalue weighted by molar-refractivity contribution is -0.127. The van der Waals surface area contributed by atoms with Crippen molar-refractivity contribution in [3.05, 3.63) is 18.3 Å². The van der Waals surface area contributed by atoms with Gasteiger partial charge in [0.2, 0.25) is 0 Å². The average molecular weight is 247 g/mol. The number of carbonyl (C=O) groups excluding carboxylic acids is 1. The third-order valence-electron chi connectivity index (χ3n) is 3.61. The molecule has 1 aromatic heterocycles. The van der Waals surface area contributed by atoms with Gasteiger partial charge < -0.3 is 10.1 Å². The number of fused-ring (bicyclic) bond motifs is 1. The number of aromatic nitrogens is 1. The van der Waals surface area contributed by atoms with E-state index in [1.807, 2.05) is 12.1 Å². The Bertz CT molecular complexity index is 457. The van der Waals surface area contributed by atoms with E-state index in [0.29, 0.717) is 11.6 Å². The predicted octanol–water partition coefficient (Wildman–Crippen LogP) is 0.947. The van der Waals surface area contributed by atoms with E-state index in [1.54, 1.807) is 18.1 Å². The van der Waals surface area contributed by atoms with E-state index in [-0.39, 0.29) is 11.9 Å². The summed E-state index contributed by atoms with van der Waals surface area (Å²) in [5.41, 5.74) is 0. The number of hydrogen-bond donors (Lipinski definition) is 1. The summed E-state index contributed by atoms with van der Waals surface area (Å²) in [6, 6.07) is 3.80. The fourth-order valence-electron chi connectivity index (χ4n) is 2.60. The second-order valence-electron chi connectivity index (χ2n) is 4.82. The summed E-state index contributed by atoms with van der Waals surface area (Å²) >= 11 is 0. The zero-order valence-electron chi connectivity index (χ0n) is 10.4. The van der Waals surface area contributed by atoms with Gasteiger partial charge in [-0.1, -0.05) is 6.42 Å². The Labute approximate surface area is 106 Å². The highest BCUT2D eigenvalue weighted by atomic mass is 16.5. The second kappa shape index (κ2) is 4.57. The topological polar surface area (TPSA) is 54.5 Å². The van der Waals surface area contributed by atoms with Crippen LogP contribution in [0.4, 0.5) is 5.82 Å². The Morgan fingerprint density at radius 3 is 3.17 bits per heavy atom. The monoisotopic (exact) mass is 247 g/mol. The first-order valence-electron chi connectivity index (χ1n) is 6.40. The Morgan fingerprint density at radius 2 is 2.39 bits per heavy atom. The van der Waals surface area contributed by atoms with Gasteiger partial charge in [-0.25, -0.2) is 4.98 Å². The molecule has 2 unspecified atom stereocenters. The van der Waals surface area contributed by atoms with E-state index in [0.717, 1.165) is 19.4 Å². The molecule has 3 heterocycles. The van der Waals surface area contributed by atoms with E-state index in [9.17, 15) is 4.79 Å². The number of rotatable bonds is 1. The van der Waals surface area contributed by atoms with Crippen molar-refractivity contribution in [2.45, 2.75) is 31.4 Å². The van der Waals surface area contributed by atoms with Gasteiger partial charge in [-0.15, -0.1) is 0 Å². The van der Waals surface area contributed by atoms with Crippen molar-refractivity contribution in [2.75, 3.05) is 18.5 Å².